The van der Waals surface area contributed by atoms with Gasteiger partial charge in [0.2, 0.25) is 0 Å². The number of hydrogen-bond donors (Lipinski definition) is 1. The number of nitrogens with zero attached hydrogens (tertiary/aromatic N) is 2. The smallest absolute Gasteiger partial charge is 0.409 e. The van der Waals surface area contributed by atoms with E-state index < -0.39 is 0 Å². The molecule has 2 heterocycles. The first-order valence-electron chi connectivity index (χ1n) is 12.1. The number of hydrogen-bond acceptors (Lipinski definition) is 5. The number of likely N-dealkylation sites (tertiary alicyclic amines) is 1. The Labute approximate surface area is 210 Å². The van der Waals surface area contributed by atoms with Gasteiger partial charge in [-0.15, -0.1) is 17.9 Å². The van der Waals surface area contributed by atoms with Crippen LogP contribution in [-0.4, -0.2) is 41.6 Å². The van der Waals surface area contributed by atoms with Crippen LogP contribution >= 0.6 is 11.3 Å². The van der Waals surface area contributed by atoms with Gasteiger partial charge >= 0.3 is 6.09 Å². The predicted octanol–water partition coefficient (Wildman–Crippen LogP) is 6.52. The molecule has 1 N–H and O–H groups in total. The molecular weight excluding hydrogens is 458 g/mol. The topological polar surface area (TPSA) is 71.5 Å². The van der Waals surface area contributed by atoms with Crippen molar-refractivity contribution in [2.75, 3.05) is 25.0 Å². The summed E-state index contributed by atoms with van der Waals surface area (Å²) in [5.41, 5.74) is 4.51. The highest BCUT2D eigenvalue weighted by Crippen LogP contribution is 2.32. The summed E-state index contributed by atoms with van der Waals surface area (Å²) in [5, 5.41) is 5.81. The maximum absolute atomic E-state index is 13.0. The molecule has 182 valence electrons. The van der Waals surface area contributed by atoms with Crippen LogP contribution in [0, 0.1) is 0 Å². The Hall–Kier alpha value is -3.45. The summed E-state index contributed by atoms with van der Waals surface area (Å²) in [6.07, 6.45) is 4.72. The third-order valence-corrected chi connectivity index (χ3v) is 7.26. The van der Waals surface area contributed by atoms with Crippen molar-refractivity contribution >= 4 is 29.0 Å². The normalized spacial score (nSPS) is 13.9. The molecule has 7 heteroatoms. The van der Waals surface area contributed by atoms with Gasteiger partial charge in [-0.25, -0.2) is 9.78 Å². The number of ether oxygens (including phenoxy) is 1. The van der Waals surface area contributed by atoms with E-state index in [0.29, 0.717) is 31.8 Å². The van der Waals surface area contributed by atoms with E-state index >= 15 is 0 Å². The lowest BCUT2D eigenvalue weighted by molar-refractivity contribution is 0.0941. The number of amides is 2. The van der Waals surface area contributed by atoms with Crippen molar-refractivity contribution in [3.05, 3.63) is 82.8 Å². The number of nitrogens with one attached hydrogen (secondary N) is 1. The second kappa shape index (κ2) is 11.8. The summed E-state index contributed by atoms with van der Waals surface area (Å²) in [7, 11) is 0. The largest absolute Gasteiger partial charge is 0.449 e. The summed E-state index contributed by atoms with van der Waals surface area (Å²) in [6, 6.07) is 16.2. The number of para-hydroxylation sites is 1. The Bertz CT molecular complexity index is 1160. The van der Waals surface area contributed by atoms with Gasteiger partial charge in [0.25, 0.3) is 5.91 Å². The summed E-state index contributed by atoms with van der Waals surface area (Å²) >= 11 is 1.51. The van der Waals surface area contributed by atoms with E-state index in [4.69, 9.17) is 4.74 Å². The minimum Gasteiger partial charge on any atom is -0.449 e. The van der Waals surface area contributed by atoms with E-state index in [2.05, 4.69) is 48.1 Å². The number of benzene rings is 2. The maximum Gasteiger partial charge on any atom is 0.409 e. The van der Waals surface area contributed by atoms with Crippen LogP contribution in [0.2, 0.25) is 0 Å². The molecule has 1 fully saturated rings. The molecule has 0 unspecified atom stereocenters. The molecule has 3 aromatic rings. The van der Waals surface area contributed by atoms with E-state index in [1.54, 1.807) is 11.0 Å². The first kappa shape index (κ1) is 24.7. The number of aromatic nitrogens is 1. The Kier molecular flexibility index (Phi) is 8.32. The number of anilines is 1. The average molecular weight is 490 g/mol. The number of piperidine rings is 1. The third-order valence-electron chi connectivity index (χ3n) is 6.25. The molecular formula is C28H31N3O3S. The van der Waals surface area contributed by atoms with E-state index in [1.807, 2.05) is 29.6 Å². The van der Waals surface area contributed by atoms with Crippen LogP contribution in [0.4, 0.5) is 10.5 Å². The zero-order chi connectivity index (χ0) is 24.6. The molecule has 4 rings (SSSR count). The van der Waals surface area contributed by atoms with Gasteiger partial charge in [-0.3, -0.25) is 4.79 Å². The molecule has 6 nitrogen and oxygen atoms in total. The number of thiazole rings is 1. The van der Waals surface area contributed by atoms with Crippen molar-refractivity contribution in [3.63, 3.8) is 0 Å². The van der Waals surface area contributed by atoms with Gasteiger partial charge in [-0.05, 0) is 42.9 Å². The Morgan fingerprint density at radius 3 is 2.63 bits per heavy atom. The molecule has 1 aliphatic rings. The molecule has 0 bridgehead atoms. The standard InChI is InChI=1S/C28H31N3O3S/c1-3-5-18-34-28(33)31-16-14-22(15-17-31)27-30-25(19-35-27)26(32)29-24-9-7-6-8-23(24)21-12-10-20(4-2)11-13-21/h3,6-13,19,22H,1,4-5,14-18H2,2H3,(H,29,32). The molecule has 0 atom stereocenters. The van der Waals surface area contributed by atoms with Crippen molar-refractivity contribution in [3.8, 4) is 11.1 Å². The van der Waals surface area contributed by atoms with Crippen molar-refractivity contribution in [1.29, 1.82) is 0 Å². The summed E-state index contributed by atoms with van der Waals surface area (Å²) in [4.78, 5) is 31.6. The summed E-state index contributed by atoms with van der Waals surface area (Å²) < 4.78 is 5.26. The van der Waals surface area contributed by atoms with Crippen LogP contribution in [0.3, 0.4) is 0 Å². The van der Waals surface area contributed by atoms with Crippen molar-refractivity contribution in [2.24, 2.45) is 0 Å². The minimum atomic E-state index is -0.271. The van der Waals surface area contributed by atoms with Crippen LogP contribution in [0.15, 0.2) is 66.6 Å². The van der Waals surface area contributed by atoms with Crippen LogP contribution < -0.4 is 5.32 Å². The Balaban J connectivity index is 1.37. The molecule has 0 aliphatic carbocycles. The lowest BCUT2D eigenvalue weighted by Gasteiger charge is -2.30. The van der Waals surface area contributed by atoms with E-state index in [9.17, 15) is 9.59 Å². The fourth-order valence-electron chi connectivity index (χ4n) is 4.16. The van der Waals surface area contributed by atoms with Crippen LogP contribution in [0.25, 0.3) is 11.1 Å². The lowest BCUT2D eigenvalue weighted by atomic mass is 9.98. The van der Waals surface area contributed by atoms with Gasteiger partial charge in [-0.2, -0.15) is 0 Å². The molecule has 0 spiro atoms. The van der Waals surface area contributed by atoms with E-state index in [-0.39, 0.29) is 17.9 Å². The van der Waals surface area contributed by atoms with Gasteiger partial charge in [0.1, 0.15) is 5.69 Å². The Morgan fingerprint density at radius 2 is 1.91 bits per heavy atom. The predicted molar refractivity (Wildman–Crippen MR) is 141 cm³/mol. The minimum absolute atomic E-state index is 0.214. The SMILES string of the molecule is C=CCCOC(=O)N1CCC(c2nc(C(=O)Nc3ccccc3-c3ccc(CC)cc3)cs2)CC1. The highest BCUT2D eigenvalue weighted by atomic mass is 32.1. The van der Waals surface area contributed by atoms with Gasteiger partial charge in [0.15, 0.2) is 0 Å². The number of carbonyl (C=O) groups excluding carboxylic acids is 2. The van der Waals surface area contributed by atoms with E-state index in [1.165, 1.54) is 16.9 Å². The van der Waals surface area contributed by atoms with Gasteiger partial charge in [0, 0.05) is 35.6 Å². The second-order valence-corrected chi connectivity index (χ2v) is 9.46. The highest BCUT2D eigenvalue weighted by molar-refractivity contribution is 7.10. The zero-order valence-electron chi connectivity index (χ0n) is 20.0. The van der Waals surface area contributed by atoms with Crippen molar-refractivity contribution in [2.45, 2.75) is 38.5 Å². The quantitative estimate of drug-likeness (QED) is 0.289. The van der Waals surface area contributed by atoms with Crippen LogP contribution in [0.1, 0.15) is 53.2 Å². The molecule has 1 saturated heterocycles. The highest BCUT2D eigenvalue weighted by Gasteiger charge is 2.27. The van der Waals surface area contributed by atoms with Crippen molar-refractivity contribution in [1.82, 2.24) is 9.88 Å². The monoisotopic (exact) mass is 489 g/mol. The molecule has 2 aromatic carbocycles. The Morgan fingerprint density at radius 1 is 1.17 bits per heavy atom. The fraction of sp³-hybridized carbons (Fsp3) is 0.321. The zero-order valence-corrected chi connectivity index (χ0v) is 20.9. The van der Waals surface area contributed by atoms with Crippen LogP contribution in [-0.2, 0) is 11.2 Å². The molecule has 1 aliphatic heterocycles. The van der Waals surface area contributed by atoms with Gasteiger partial charge < -0.3 is 15.0 Å². The van der Waals surface area contributed by atoms with Gasteiger partial charge in [-0.1, -0.05) is 55.5 Å². The third kappa shape index (κ3) is 6.17. The molecule has 0 saturated carbocycles. The van der Waals surface area contributed by atoms with Crippen LogP contribution in [0.5, 0.6) is 0 Å². The summed E-state index contributed by atoms with van der Waals surface area (Å²) in [6.45, 7) is 7.39. The first-order chi connectivity index (χ1) is 17.1. The fourth-order valence-corrected chi connectivity index (χ4v) is 5.13. The van der Waals surface area contributed by atoms with Gasteiger partial charge in [0.05, 0.1) is 11.6 Å². The second-order valence-electron chi connectivity index (χ2n) is 8.57. The first-order valence-corrected chi connectivity index (χ1v) is 12.9. The van der Waals surface area contributed by atoms with E-state index in [0.717, 1.165) is 41.1 Å². The van der Waals surface area contributed by atoms with Crippen molar-refractivity contribution < 1.29 is 14.3 Å². The molecule has 35 heavy (non-hydrogen) atoms. The molecule has 2 amide bonds. The number of aryl methyl sites for hydroxylation is 1. The number of rotatable bonds is 8. The lowest BCUT2D eigenvalue weighted by Crippen LogP contribution is -2.38. The maximum atomic E-state index is 13.0. The number of carbonyl (C=O) groups is 2. The molecule has 0 radical (unpaired) electrons. The molecule has 1 aromatic heterocycles. The average Bonchev–Trinajstić information content (AvgIpc) is 3.40. The summed E-state index contributed by atoms with van der Waals surface area (Å²) in [5.74, 6) is 0.0245.